The number of rotatable bonds is 14. The van der Waals surface area contributed by atoms with Gasteiger partial charge in [0, 0.05) is 0 Å². The van der Waals surface area contributed by atoms with Gasteiger partial charge in [-0.05, 0) is 74.9 Å². The molecule has 0 saturated carbocycles. The Balaban J connectivity index is 2.03. The number of esters is 1. The Morgan fingerprint density at radius 2 is 1.33 bits per heavy atom. The monoisotopic (exact) mass is 444 g/mol. The number of nitriles is 2. The van der Waals surface area contributed by atoms with Crippen LogP contribution in [0.25, 0.3) is 0 Å². The van der Waals surface area contributed by atoms with E-state index in [9.17, 15) is 15.3 Å². The standard InChI is InChI=1S/C27H28N2O4/c1-3-5-7-9-17-31-22-13-11-21(12-14-22)27(30)33-26-16-15-25(23(19-28)24(26)20-29)32-18-10-8-6-4-2/h3-4,11-16H,1-2,5-10,17-18H2. The van der Waals surface area contributed by atoms with Crippen molar-refractivity contribution in [1.29, 1.82) is 10.5 Å². The number of hydrogen-bond acceptors (Lipinski definition) is 6. The minimum Gasteiger partial charge on any atom is -0.494 e. The molecule has 0 bridgehead atoms. The van der Waals surface area contributed by atoms with E-state index in [0.717, 1.165) is 38.5 Å². The number of benzene rings is 2. The van der Waals surface area contributed by atoms with E-state index >= 15 is 0 Å². The number of nitrogens with zero attached hydrogens (tertiary/aromatic N) is 2. The van der Waals surface area contributed by atoms with Crippen LogP contribution in [0.4, 0.5) is 0 Å². The summed E-state index contributed by atoms with van der Waals surface area (Å²) in [5.41, 5.74) is 0.319. The zero-order valence-electron chi connectivity index (χ0n) is 18.7. The Morgan fingerprint density at radius 3 is 1.91 bits per heavy atom. The van der Waals surface area contributed by atoms with Gasteiger partial charge in [-0.2, -0.15) is 10.5 Å². The minimum absolute atomic E-state index is 0.0144. The van der Waals surface area contributed by atoms with Crippen molar-refractivity contribution in [3.63, 3.8) is 0 Å². The van der Waals surface area contributed by atoms with Crippen LogP contribution in [0.3, 0.4) is 0 Å². The number of carbonyl (C=O) groups is 1. The summed E-state index contributed by atoms with van der Waals surface area (Å²) in [7, 11) is 0. The van der Waals surface area contributed by atoms with E-state index < -0.39 is 5.97 Å². The zero-order valence-corrected chi connectivity index (χ0v) is 18.7. The summed E-state index contributed by atoms with van der Waals surface area (Å²) in [6.45, 7) is 8.36. The second-order valence-electron chi connectivity index (χ2n) is 7.22. The summed E-state index contributed by atoms with van der Waals surface area (Å²) in [6.07, 6.45) is 9.20. The fourth-order valence-electron chi connectivity index (χ4n) is 2.99. The molecule has 0 saturated heterocycles. The van der Waals surface area contributed by atoms with Crippen LogP contribution >= 0.6 is 0 Å². The molecule has 2 rings (SSSR count). The molecule has 0 unspecified atom stereocenters. The van der Waals surface area contributed by atoms with Crippen LogP contribution in [-0.2, 0) is 0 Å². The molecule has 0 N–H and O–H groups in total. The molecule has 0 radical (unpaired) electrons. The van der Waals surface area contributed by atoms with Crippen LogP contribution in [0.1, 0.15) is 60.0 Å². The van der Waals surface area contributed by atoms with E-state index in [1.807, 2.05) is 24.3 Å². The summed E-state index contributed by atoms with van der Waals surface area (Å²) in [5.74, 6) is 0.331. The largest absolute Gasteiger partial charge is 0.494 e. The molecule has 0 amide bonds. The van der Waals surface area contributed by atoms with Gasteiger partial charge in [-0.3, -0.25) is 0 Å². The molecule has 6 nitrogen and oxygen atoms in total. The van der Waals surface area contributed by atoms with Gasteiger partial charge >= 0.3 is 5.97 Å². The molecule has 0 spiro atoms. The van der Waals surface area contributed by atoms with Crippen molar-refractivity contribution in [3.8, 4) is 29.4 Å². The van der Waals surface area contributed by atoms with E-state index in [-0.39, 0.29) is 16.9 Å². The van der Waals surface area contributed by atoms with Crippen molar-refractivity contribution in [1.82, 2.24) is 0 Å². The highest BCUT2D eigenvalue weighted by Gasteiger charge is 2.18. The Hall–Kier alpha value is -4.03. The van der Waals surface area contributed by atoms with Crippen molar-refractivity contribution in [3.05, 3.63) is 78.4 Å². The predicted molar refractivity (Wildman–Crippen MR) is 126 cm³/mol. The van der Waals surface area contributed by atoms with Gasteiger partial charge in [-0.1, -0.05) is 12.2 Å². The second-order valence-corrected chi connectivity index (χ2v) is 7.22. The molecule has 0 aromatic heterocycles. The fraction of sp³-hybridized carbons (Fsp3) is 0.296. The van der Waals surface area contributed by atoms with Gasteiger partial charge < -0.3 is 14.2 Å². The summed E-state index contributed by atoms with van der Waals surface area (Å²) < 4.78 is 16.7. The van der Waals surface area contributed by atoms with E-state index in [1.165, 1.54) is 6.07 Å². The zero-order chi connectivity index (χ0) is 23.9. The molecule has 0 aliphatic rings. The van der Waals surface area contributed by atoms with Crippen molar-refractivity contribution in [2.45, 2.75) is 38.5 Å². The van der Waals surface area contributed by atoms with Gasteiger partial charge in [0.05, 0.1) is 18.8 Å². The third kappa shape index (κ3) is 7.87. The fourth-order valence-corrected chi connectivity index (χ4v) is 2.99. The van der Waals surface area contributed by atoms with Crippen molar-refractivity contribution >= 4 is 5.97 Å². The third-order valence-corrected chi connectivity index (χ3v) is 4.78. The first-order valence-corrected chi connectivity index (χ1v) is 10.9. The Kier molecular flexibility index (Phi) is 10.8. The number of unbranched alkanes of at least 4 members (excludes halogenated alkanes) is 4. The average Bonchev–Trinajstić information content (AvgIpc) is 2.84. The number of carbonyl (C=O) groups excluding carboxylic acids is 1. The highest BCUT2D eigenvalue weighted by atomic mass is 16.5. The molecule has 33 heavy (non-hydrogen) atoms. The average molecular weight is 445 g/mol. The summed E-state index contributed by atoms with van der Waals surface area (Å²) in [4.78, 5) is 12.6. The first-order chi connectivity index (χ1) is 16.1. The van der Waals surface area contributed by atoms with Gasteiger partial charge in [0.25, 0.3) is 0 Å². The highest BCUT2D eigenvalue weighted by Crippen LogP contribution is 2.30. The molecule has 0 heterocycles. The lowest BCUT2D eigenvalue weighted by molar-refractivity contribution is 0.0734. The lowest BCUT2D eigenvalue weighted by Gasteiger charge is -2.12. The molecule has 170 valence electrons. The van der Waals surface area contributed by atoms with Crippen molar-refractivity contribution < 1.29 is 19.0 Å². The number of hydrogen-bond donors (Lipinski definition) is 0. The van der Waals surface area contributed by atoms with E-state index in [1.54, 1.807) is 30.3 Å². The summed E-state index contributed by atoms with van der Waals surface area (Å²) >= 11 is 0. The first-order valence-electron chi connectivity index (χ1n) is 10.9. The van der Waals surface area contributed by atoms with E-state index in [4.69, 9.17) is 14.2 Å². The van der Waals surface area contributed by atoms with Gasteiger partial charge in [0.15, 0.2) is 5.75 Å². The molecule has 2 aromatic rings. The molecule has 0 aliphatic heterocycles. The van der Waals surface area contributed by atoms with Gasteiger partial charge in [-0.15, -0.1) is 13.2 Å². The Morgan fingerprint density at radius 1 is 0.788 bits per heavy atom. The lowest BCUT2D eigenvalue weighted by atomic mass is 10.1. The van der Waals surface area contributed by atoms with Crippen LogP contribution in [0.5, 0.6) is 17.2 Å². The molecular formula is C27H28N2O4. The van der Waals surface area contributed by atoms with Crippen LogP contribution in [0, 0.1) is 22.7 Å². The minimum atomic E-state index is -0.633. The third-order valence-electron chi connectivity index (χ3n) is 4.78. The summed E-state index contributed by atoms with van der Waals surface area (Å²) in [5, 5.41) is 19.1. The molecule has 0 aliphatic carbocycles. The van der Waals surface area contributed by atoms with E-state index in [0.29, 0.717) is 30.3 Å². The molecular weight excluding hydrogens is 416 g/mol. The van der Waals surface area contributed by atoms with Gasteiger partial charge in [0.2, 0.25) is 0 Å². The molecule has 2 aromatic carbocycles. The smallest absolute Gasteiger partial charge is 0.343 e. The molecule has 6 heteroatoms. The highest BCUT2D eigenvalue weighted by molar-refractivity contribution is 5.91. The maximum absolute atomic E-state index is 12.6. The predicted octanol–water partition coefficient (Wildman–Crippen LogP) is 6.12. The maximum atomic E-state index is 12.6. The maximum Gasteiger partial charge on any atom is 0.343 e. The SMILES string of the molecule is C=CCCCCOc1ccc(C(=O)Oc2ccc(OCCCCC=C)c(C#N)c2C#N)cc1. The van der Waals surface area contributed by atoms with Crippen LogP contribution in [-0.4, -0.2) is 19.2 Å². The van der Waals surface area contributed by atoms with Crippen LogP contribution in [0.2, 0.25) is 0 Å². The van der Waals surface area contributed by atoms with Crippen LogP contribution in [0.15, 0.2) is 61.7 Å². The van der Waals surface area contributed by atoms with Gasteiger partial charge in [0.1, 0.15) is 34.8 Å². The second kappa shape index (κ2) is 14.1. The first kappa shape index (κ1) is 25.2. The Bertz CT molecular complexity index is 1030. The van der Waals surface area contributed by atoms with Crippen LogP contribution < -0.4 is 14.2 Å². The van der Waals surface area contributed by atoms with Crippen molar-refractivity contribution in [2.75, 3.05) is 13.2 Å². The number of allylic oxidation sites excluding steroid dienone is 2. The quantitative estimate of drug-likeness (QED) is 0.151. The van der Waals surface area contributed by atoms with Crippen molar-refractivity contribution in [2.24, 2.45) is 0 Å². The summed E-state index contributed by atoms with van der Waals surface area (Å²) in [6, 6.07) is 13.5. The normalized spacial score (nSPS) is 9.88. The van der Waals surface area contributed by atoms with E-state index in [2.05, 4.69) is 13.2 Å². The number of ether oxygens (including phenoxy) is 3. The lowest BCUT2D eigenvalue weighted by Crippen LogP contribution is -2.10. The topological polar surface area (TPSA) is 92.3 Å². The Labute approximate surface area is 195 Å². The molecule has 0 atom stereocenters. The molecule has 0 fully saturated rings. The van der Waals surface area contributed by atoms with Gasteiger partial charge in [-0.25, -0.2) is 4.79 Å².